The van der Waals surface area contributed by atoms with Gasteiger partial charge in [-0.25, -0.2) is 0 Å². The zero-order valence-electron chi connectivity index (χ0n) is 10.1. The minimum absolute atomic E-state index is 0.592. The van der Waals surface area contributed by atoms with E-state index in [0.29, 0.717) is 12.1 Å². The van der Waals surface area contributed by atoms with Gasteiger partial charge in [-0.3, -0.25) is 0 Å². The number of rotatable bonds is 5. The molecule has 1 N–H and O–H groups in total. The van der Waals surface area contributed by atoms with Crippen molar-refractivity contribution in [3.8, 4) is 0 Å². The van der Waals surface area contributed by atoms with Crippen molar-refractivity contribution in [2.45, 2.75) is 38.9 Å². The molecule has 0 aliphatic rings. The Morgan fingerprint density at radius 2 is 2.00 bits per heavy atom. The highest BCUT2D eigenvalue weighted by molar-refractivity contribution is 5.25. The first-order valence-corrected chi connectivity index (χ1v) is 5.79. The third kappa shape index (κ3) is 5.22. The Kier molecular flexibility index (Phi) is 5.00. The first-order valence-electron chi connectivity index (χ1n) is 5.79. The van der Waals surface area contributed by atoms with Crippen molar-refractivity contribution in [2.24, 2.45) is 0 Å². The molecule has 0 saturated carbocycles. The predicted octanol–water partition coefficient (Wildman–Crippen LogP) is 3.99. The van der Waals surface area contributed by atoms with E-state index in [1.807, 2.05) is 19.9 Å². The van der Waals surface area contributed by atoms with Gasteiger partial charge >= 0.3 is 6.18 Å². The molecule has 0 radical (unpaired) electrons. The quantitative estimate of drug-likeness (QED) is 0.827. The standard InChI is InChI=1S/C13H18F3N/c1-3-7-17-12(9-13(14,15)16)11-6-4-5-10(2)8-11/h4-6,8,12,17H,3,7,9H2,1-2H3. The van der Waals surface area contributed by atoms with Crippen molar-refractivity contribution in [3.63, 3.8) is 0 Å². The average Bonchev–Trinajstić information content (AvgIpc) is 2.22. The SMILES string of the molecule is CCCNC(CC(F)(F)F)c1cccc(C)c1. The van der Waals surface area contributed by atoms with E-state index in [1.165, 1.54) is 0 Å². The van der Waals surface area contributed by atoms with Crippen LogP contribution >= 0.6 is 0 Å². The Labute approximate surface area is 100 Å². The Hall–Kier alpha value is -1.03. The van der Waals surface area contributed by atoms with E-state index in [0.717, 1.165) is 12.0 Å². The highest BCUT2D eigenvalue weighted by atomic mass is 19.4. The number of aryl methyl sites for hydroxylation is 1. The number of benzene rings is 1. The van der Waals surface area contributed by atoms with Crippen LogP contribution in [0.4, 0.5) is 13.2 Å². The molecule has 0 aliphatic heterocycles. The van der Waals surface area contributed by atoms with Gasteiger partial charge in [0.05, 0.1) is 6.42 Å². The van der Waals surface area contributed by atoms with E-state index >= 15 is 0 Å². The highest BCUT2D eigenvalue weighted by Gasteiger charge is 2.32. The first-order chi connectivity index (χ1) is 7.92. The Bertz CT molecular complexity index is 347. The molecule has 0 bridgehead atoms. The molecule has 1 aromatic rings. The summed E-state index contributed by atoms with van der Waals surface area (Å²) in [5.41, 5.74) is 1.68. The second-order valence-corrected chi connectivity index (χ2v) is 4.24. The van der Waals surface area contributed by atoms with Gasteiger partial charge in [-0.15, -0.1) is 0 Å². The fraction of sp³-hybridized carbons (Fsp3) is 0.538. The summed E-state index contributed by atoms with van der Waals surface area (Å²) in [4.78, 5) is 0. The van der Waals surface area contributed by atoms with E-state index in [4.69, 9.17) is 0 Å². The van der Waals surface area contributed by atoms with Crippen LogP contribution in [0.3, 0.4) is 0 Å². The number of nitrogens with one attached hydrogen (secondary N) is 1. The third-order valence-electron chi connectivity index (χ3n) is 2.52. The van der Waals surface area contributed by atoms with E-state index in [-0.39, 0.29) is 0 Å². The monoisotopic (exact) mass is 245 g/mol. The van der Waals surface area contributed by atoms with E-state index in [2.05, 4.69) is 5.32 Å². The van der Waals surface area contributed by atoms with Crippen LogP contribution in [-0.2, 0) is 0 Å². The molecule has 0 amide bonds. The van der Waals surface area contributed by atoms with E-state index < -0.39 is 18.6 Å². The summed E-state index contributed by atoms with van der Waals surface area (Å²) in [7, 11) is 0. The molecule has 1 aromatic carbocycles. The van der Waals surface area contributed by atoms with Gasteiger partial charge in [0.25, 0.3) is 0 Å². The van der Waals surface area contributed by atoms with Crippen LogP contribution in [0.5, 0.6) is 0 Å². The first kappa shape index (κ1) is 14.0. The molecule has 0 fully saturated rings. The second-order valence-electron chi connectivity index (χ2n) is 4.24. The maximum Gasteiger partial charge on any atom is 0.390 e. The Balaban J connectivity index is 2.81. The van der Waals surface area contributed by atoms with Crippen LogP contribution in [0.2, 0.25) is 0 Å². The maximum atomic E-state index is 12.5. The summed E-state index contributed by atoms with van der Waals surface area (Å²) in [5, 5.41) is 2.95. The lowest BCUT2D eigenvalue weighted by Crippen LogP contribution is -2.27. The summed E-state index contributed by atoms with van der Waals surface area (Å²) in [6.07, 6.45) is -4.15. The van der Waals surface area contributed by atoms with Crippen LogP contribution in [0.25, 0.3) is 0 Å². The fourth-order valence-corrected chi connectivity index (χ4v) is 1.74. The van der Waals surface area contributed by atoms with Crippen LogP contribution in [0.1, 0.15) is 36.9 Å². The zero-order valence-corrected chi connectivity index (χ0v) is 10.1. The lowest BCUT2D eigenvalue weighted by molar-refractivity contribution is -0.140. The summed E-state index contributed by atoms with van der Waals surface area (Å²) >= 11 is 0. The molecule has 1 rings (SSSR count). The van der Waals surface area contributed by atoms with Crippen molar-refractivity contribution in [3.05, 3.63) is 35.4 Å². The Morgan fingerprint density at radius 3 is 2.53 bits per heavy atom. The molecule has 0 saturated heterocycles. The average molecular weight is 245 g/mol. The molecule has 1 unspecified atom stereocenters. The van der Waals surface area contributed by atoms with E-state index in [1.54, 1.807) is 18.2 Å². The highest BCUT2D eigenvalue weighted by Crippen LogP contribution is 2.29. The van der Waals surface area contributed by atoms with Crippen LogP contribution in [0.15, 0.2) is 24.3 Å². The van der Waals surface area contributed by atoms with Gasteiger partial charge in [0.2, 0.25) is 0 Å². The summed E-state index contributed by atoms with van der Waals surface area (Å²) < 4.78 is 37.4. The smallest absolute Gasteiger partial charge is 0.310 e. The molecule has 1 atom stereocenters. The molecule has 96 valence electrons. The minimum atomic E-state index is -4.14. The predicted molar refractivity (Wildman–Crippen MR) is 62.9 cm³/mol. The summed E-state index contributed by atoms with van der Waals surface area (Å²) in [6, 6.07) is 6.58. The summed E-state index contributed by atoms with van der Waals surface area (Å²) in [5.74, 6) is 0. The number of halogens is 3. The van der Waals surface area contributed by atoms with Gasteiger partial charge < -0.3 is 5.32 Å². The van der Waals surface area contributed by atoms with Gasteiger partial charge in [-0.2, -0.15) is 13.2 Å². The van der Waals surface area contributed by atoms with Crippen LogP contribution < -0.4 is 5.32 Å². The molecule has 0 heterocycles. The van der Waals surface area contributed by atoms with Gasteiger partial charge in [0.1, 0.15) is 0 Å². The third-order valence-corrected chi connectivity index (χ3v) is 2.52. The molecular weight excluding hydrogens is 227 g/mol. The lowest BCUT2D eigenvalue weighted by atomic mass is 10.0. The largest absolute Gasteiger partial charge is 0.390 e. The van der Waals surface area contributed by atoms with Gasteiger partial charge in [-0.05, 0) is 25.5 Å². The second kappa shape index (κ2) is 6.05. The van der Waals surface area contributed by atoms with Crippen molar-refractivity contribution < 1.29 is 13.2 Å². The topological polar surface area (TPSA) is 12.0 Å². The molecule has 4 heteroatoms. The van der Waals surface area contributed by atoms with Crippen molar-refractivity contribution in [1.82, 2.24) is 5.32 Å². The van der Waals surface area contributed by atoms with Gasteiger partial charge in [0.15, 0.2) is 0 Å². The van der Waals surface area contributed by atoms with Crippen molar-refractivity contribution in [2.75, 3.05) is 6.54 Å². The van der Waals surface area contributed by atoms with Gasteiger partial charge in [0, 0.05) is 6.04 Å². The van der Waals surface area contributed by atoms with Crippen LogP contribution in [0, 0.1) is 6.92 Å². The molecular formula is C13H18F3N. The van der Waals surface area contributed by atoms with Gasteiger partial charge in [-0.1, -0.05) is 36.8 Å². The zero-order chi connectivity index (χ0) is 12.9. The normalized spacial score (nSPS) is 13.7. The maximum absolute atomic E-state index is 12.5. The number of alkyl halides is 3. The van der Waals surface area contributed by atoms with Crippen molar-refractivity contribution >= 4 is 0 Å². The molecule has 17 heavy (non-hydrogen) atoms. The summed E-state index contributed by atoms with van der Waals surface area (Å²) in [6.45, 7) is 4.41. The molecule has 1 nitrogen and oxygen atoms in total. The number of hydrogen-bond acceptors (Lipinski definition) is 1. The minimum Gasteiger partial charge on any atom is -0.310 e. The molecule has 0 spiro atoms. The van der Waals surface area contributed by atoms with Crippen LogP contribution in [-0.4, -0.2) is 12.7 Å². The number of hydrogen-bond donors (Lipinski definition) is 1. The van der Waals surface area contributed by atoms with E-state index in [9.17, 15) is 13.2 Å². The molecule has 0 aromatic heterocycles. The lowest BCUT2D eigenvalue weighted by Gasteiger charge is -2.20. The Morgan fingerprint density at radius 1 is 1.29 bits per heavy atom. The molecule has 0 aliphatic carbocycles. The van der Waals surface area contributed by atoms with Crippen molar-refractivity contribution in [1.29, 1.82) is 0 Å². The fourth-order valence-electron chi connectivity index (χ4n) is 1.74.